The van der Waals surface area contributed by atoms with E-state index in [1.807, 2.05) is 13.0 Å². The molecule has 0 radical (unpaired) electrons. The van der Waals surface area contributed by atoms with Gasteiger partial charge in [0.2, 0.25) is 0 Å². The Morgan fingerprint density at radius 2 is 1.81 bits per heavy atom. The molecule has 0 aliphatic carbocycles. The number of benzene rings is 1. The number of nitrogens with zero attached hydrogens (tertiary/aromatic N) is 1. The van der Waals surface area contributed by atoms with Gasteiger partial charge >= 0.3 is 6.36 Å². The minimum Gasteiger partial charge on any atom is -0.406 e. The van der Waals surface area contributed by atoms with E-state index >= 15 is 0 Å². The van der Waals surface area contributed by atoms with Gasteiger partial charge in [-0.15, -0.1) is 13.2 Å². The minimum atomic E-state index is -4.70. The Bertz CT molecular complexity index is 579. The lowest BCUT2D eigenvalue weighted by Gasteiger charge is -2.12. The van der Waals surface area contributed by atoms with Gasteiger partial charge in [0.05, 0.1) is 11.8 Å². The van der Waals surface area contributed by atoms with E-state index in [4.69, 9.17) is 0 Å². The van der Waals surface area contributed by atoms with Gasteiger partial charge in [0.15, 0.2) is 0 Å². The predicted octanol–water partition coefficient (Wildman–Crippen LogP) is 3.56. The fourth-order valence-electron chi connectivity index (χ4n) is 1.83. The van der Waals surface area contributed by atoms with Crippen molar-refractivity contribution in [3.8, 4) is 5.75 Å². The van der Waals surface area contributed by atoms with Crippen LogP contribution in [0.4, 0.5) is 13.2 Å². The Morgan fingerprint density at radius 1 is 1.14 bits per heavy atom. The summed E-state index contributed by atoms with van der Waals surface area (Å²) in [6.45, 7) is 1.89. The predicted molar refractivity (Wildman–Crippen MR) is 70.8 cm³/mol. The van der Waals surface area contributed by atoms with Crippen molar-refractivity contribution in [2.75, 3.05) is 0 Å². The molecule has 21 heavy (non-hydrogen) atoms. The topological polar surface area (TPSA) is 42.4 Å². The molecule has 0 aliphatic rings. The van der Waals surface area contributed by atoms with Crippen LogP contribution in [0.15, 0.2) is 42.6 Å². The average molecular weight is 297 g/mol. The van der Waals surface area contributed by atoms with Crippen LogP contribution in [-0.2, 0) is 6.42 Å². The molecule has 6 heteroatoms. The smallest absolute Gasteiger partial charge is 0.406 e. The molecule has 0 saturated heterocycles. The molecule has 0 fully saturated rings. The normalized spacial score (nSPS) is 13.0. The molecule has 3 nitrogen and oxygen atoms in total. The largest absolute Gasteiger partial charge is 0.573 e. The van der Waals surface area contributed by atoms with Crippen molar-refractivity contribution >= 4 is 0 Å². The van der Waals surface area contributed by atoms with E-state index < -0.39 is 12.5 Å². The summed E-state index contributed by atoms with van der Waals surface area (Å²) in [6, 6.07) is 8.97. The lowest BCUT2D eigenvalue weighted by atomic mass is 10.0. The number of hydrogen-bond donors (Lipinski definition) is 1. The fourth-order valence-corrected chi connectivity index (χ4v) is 1.83. The van der Waals surface area contributed by atoms with Crippen LogP contribution in [0.3, 0.4) is 0 Å². The maximum Gasteiger partial charge on any atom is 0.573 e. The van der Waals surface area contributed by atoms with Crippen molar-refractivity contribution in [1.82, 2.24) is 4.98 Å². The van der Waals surface area contributed by atoms with Gasteiger partial charge in [-0.25, -0.2) is 0 Å². The first-order valence-corrected chi connectivity index (χ1v) is 6.29. The van der Waals surface area contributed by atoms with Crippen LogP contribution in [-0.4, -0.2) is 16.5 Å². The molecule has 1 atom stereocenters. The van der Waals surface area contributed by atoms with E-state index in [1.165, 1.54) is 24.3 Å². The maximum atomic E-state index is 12.0. The Labute approximate surface area is 120 Å². The zero-order valence-electron chi connectivity index (χ0n) is 11.3. The van der Waals surface area contributed by atoms with Crippen LogP contribution in [0.25, 0.3) is 0 Å². The Kier molecular flexibility index (Phi) is 4.47. The SMILES string of the molecule is Cc1ccc(C(O)Cc2ccc(OC(F)(F)F)cc2)nc1. The second-order valence-electron chi connectivity index (χ2n) is 4.67. The van der Waals surface area contributed by atoms with Crippen LogP contribution < -0.4 is 4.74 Å². The fraction of sp³-hybridized carbons (Fsp3) is 0.267. The summed E-state index contributed by atoms with van der Waals surface area (Å²) in [5.74, 6) is -0.283. The summed E-state index contributed by atoms with van der Waals surface area (Å²) in [5.41, 5.74) is 2.20. The zero-order valence-corrected chi connectivity index (χ0v) is 11.3. The molecule has 1 aromatic heterocycles. The van der Waals surface area contributed by atoms with Gasteiger partial charge in [-0.2, -0.15) is 0 Å². The molecule has 0 spiro atoms. The molecule has 1 heterocycles. The summed E-state index contributed by atoms with van der Waals surface area (Å²) in [6.07, 6.45) is -3.59. The molecule has 0 bridgehead atoms. The summed E-state index contributed by atoms with van der Waals surface area (Å²) in [4.78, 5) is 4.12. The average Bonchev–Trinajstić information content (AvgIpc) is 2.40. The van der Waals surface area contributed by atoms with Crippen molar-refractivity contribution in [2.24, 2.45) is 0 Å². The van der Waals surface area contributed by atoms with Gasteiger partial charge in [-0.1, -0.05) is 18.2 Å². The molecule has 0 saturated carbocycles. The number of aromatic nitrogens is 1. The Hall–Kier alpha value is -2.08. The zero-order chi connectivity index (χ0) is 15.5. The lowest BCUT2D eigenvalue weighted by molar-refractivity contribution is -0.274. The Balaban J connectivity index is 2.01. The number of aliphatic hydroxyl groups excluding tert-OH is 1. The highest BCUT2D eigenvalue weighted by atomic mass is 19.4. The van der Waals surface area contributed by atoms with Gasteiger partial charge in [0.25, 0.3) is 0 Å². The second kappa shape index (κ2) is 6.13. The summed E-state index contributed by atoms with van der Waals surface area (Å²) in [7, 11) is 0. The van der Waals surface area contributed by atoms with Crippen LogP contribution in [0.1, 0.15) is 22.9 Å². The van der Waals surface area contributed by atoms with Crippen molar-refractivity contribution in [3.63, 3.8) is 0 Å². The standard InChI is InChI=1S/C15H14F3NO2/c1-10-2-7-13(19-9-10)14(20)8-11-3-5-12(6-4-11)21-15(16,17)18/h2-7,9,14,20H,8H2,1H3. The molecule has 1 aromatic carbocycles. The van der Waals surface area contributed by atoms with Crippen molar-refractivity contribution in [3.05, 3.63) is 59.4 Å². The van der Waals surface area contributed by atoms with Gasteiger partial charge in [0, 0.05) is 12.6 Å². The molecule has 1 unspecified atom stereocenters. The van der Waals surface area contributed by atoms with E-state index in [1.54, 1.807) is 12.3 Å². The highest BCUT2D eigenvalue weighted by molar-refractivity contribution is 5.28. The second-order valence-corrected chi connectivity index (χ2v) is 4.67. The number of alkyl halides is 3. The third kappa shape index (κ3) is 4.75. The lowest BCUT2D eigenvalue weighted by Crippen LogP contribution is -2.17. The number of aryl methyl sites for hydroxylation is 1. The van der Waals surface area contributed by atoms with Gasteiger partial charge in [-0.3, -0.25) is 4.98 Å². The number of ether oxygens (including phenoxy) is 1. The molecule has 2 aromatic rings. The molecule has 1 N–H and O–H groups in total. The number of hydrogen-bond acceptors (Lipinski definition) is 3. The van der Waals surface area contributed by atoms with E-state index in [0.29, 0.717) is 11.3 Å². The first-order valence-electron chi connectivity index (χ1n) is 6.29. The Morgan fingerprint density at radius 3 is 2.33 bits per heavy atom. The van der Waals surface area contributed by atoms with Crippen molar-refractivity contribution in [2.45, 2.75) is 25.8 Å². The van der Waals surface area contributed by atoms with Crippen LogP contribution in [0.2, 0.25) is 0 Å². The maximum absolute atomic E-state index is 12.0. The van der Waals surface area contributed by atoms with E-state index in [-0.39, 0.29) is 12.2 Å². The third-order valence-corrected chi connectivity index (χ3v) is 2.86. The quantitative estimate of drug-likeness (QED) is 0.938. The molecular formula is C15H14F3NO2. The van der Waals surface area contributed by atoms with Crippen LogP contribution in [0.5, 0.6) is 5.75 Å². The van der Waals surface area contributed by atoms with E-state index in [2.05, 4.69) is 9.72 Å². The molecule has 112 valence electrons. The monoisotopic (exact) mass is 297 g/mol. The van der Waals surface area contributed by atoms with Crippen LogP contribution >= 0.6 is 0 Å². The highest BCUT2D eigenvalue weighted by Crippen LogP contribution is 2.24. The molecule has 0 aliphatic heterocycles. The summed E-state index contributed by atoms with van der Waals surface area (Å²) in [5, 5.41) is 10.0. The van der Waals surface area contributed by atoms with Gasteiger partial charge in [-0.05, 0) is 36.2 Å². The van der Waals surface area contributed by atoms with Crippen molar-refractivity contribution < 1.29 is 23.0 Å². The van der Waals surface area contributed by atoms with Crippen LogP contribution in [0, 0.1) is 6.92 Å². The third-order valence-electron chi connectivity index (χ3n) is 2.86. The number of pyridine rings is 1. The number of rotatable bonds is 4. The minimum absolute atomic E-state index is 0.266. The summed E-state index contributed by atoms with van der Waals surface area (Å²) < 4.78 is 39.9. The summed E-state index contributed by atoms with van der Waals surface area (Å²) >= 11 is 0. The van der Waals surface area contributed by atoms with Crippen molar-refractivity contribution in [1.29, 1.82) is 0 Å². The molecule has 0 amide bonds. The first kappa shape index (κ1) is 15.3. The molecule has 2 rings (SSSR count). The van der Waals surface area contributed by atoms with E-state index in [0.717, 1.165) is 5.56 Å². The van der Waals surface area contributed by atoms with Gasteiger partial charge in [0.1, 0.15) is 5.75 Å². The number of aliphatic hydroxyl groups is 1. The number of halogens is 3. The highest BCUT2D eigenvalue weighted by Gasteiger charge is 2.30. The molecular weight excluding hydrogens is 283 g/mol. The first-order chi connectivity index (χ1) is 9.83. The van der Waals surface area contributed by atoms with E-state index in [9.17, 15) is 18.3 Å². The van der Waals surface area contributed by atoms with Gasteiger partial charge < -0.3 is 9.84 Å².